The second-order valence-corrected chi connectivity index (χ2v) is 8.40. The van der Waals surface area contributed by atoms with Crippen molar-refractivity contribution in [2.24, 2.45) is 4.36 Å². The van der Waals surface area contributed by atoms with Crippen LogP contribution in [0.2, 0.25) is 0 Å². The second kappa shape index (κ2) is 8.45. The van der Waals surface area contributed by atoms with Crippen LogP contribution in [-0.2, 0) is 14.5 Å². The van der Waals surface area contributed by atoms with Crippen LogP contribution in [0.5, 0.6) is 0 Å². The van der Waals surface area contributed by atoms with Crippen LogP contribution in [0.1, 0.15) is 46.0 Å². The van der Waals surface area contributed by atoms with Gasteiger partial charge in [-0.1, -0.05) is 32.8 Å². The molecule has 23 heavy (non-hydrogen) atoms. The van der Waals surface area contributed by atoms with Gasteiger partial charge in [0.15, 0.2) is 0 Å². The first-order valence-corrected chi connectivity index (χ1v) is 9.91. The van der Waals surface area contributed by atoms with E-state index in [-0.39, 0.29) is 12.3 Å². The molecule has 0 saturated carbocycles. The Hall–Kier alpha value is -1.40. The molecule has 1 rings (SSSR count). The van der Waals surface area contributed by atoms with Gasteiger partial charge in [-0.2, -0.15) is 0 Å². The molecule has 0 fully saturated rings. The highest BCUT2D eigenvalue weighted by Gasteiger charge is 2.28. The van der Waals surface area contributed by atoms with Gasteiger partial charge in [-0.15, -0.1) is 0 Å². The topological polar surface area (TPSA) is 78.8 Å². The monoisotopic (exact) mass is 340 g/mol. The predicted octanol–water partition coefficient (Wildman–Crippen LogP) is 3.43. The fourth-order valence-electron chi connectivity index (χ4n) is 2.65. The van der Waals surface area contributed by atoms with E-state index in [1.54, 1.807) is 30.5 Å². The summed E-state index contributed by atoms with van der Waals surface area (Å²) >= 11 is 0. The van der Waals surface area contributed by atoms with E-state index in [2.05, 4.69) is 9.68 Å². The van der Waals surface area contributed by atoms with Crippen LogP contribution in [0.3, 0.4) is 0 Å². The number of hydrogen-bond donors (Lipinski definition) is 2. The molecule has 0 aliphatic heterocycles. The third-order valence-corrected chi connectivity index (χ3v) is 5.65. The smallest absolute Gasteiger partial charge is 0.227 e. The van der Waals surface area contributed by atoms with Crippen molar-refractivity contribution in [3.05, 3.63) is 24.3 Å². The zero-order valence-corrected chi connectivity index (χ0v) is 15.3. The fraction of sp³-hybridized carbons (Fsp3) is 0.588. The third kappa shape index (κ3) is 5.95. The van der Waals surface area contributed by atoms with Crippen molar-refractivity contribution in [3.8, 4) is 0 Å². The Morgan fingerprint density at radius 1 is 1.30 bits per heavy atom. The van der Waals surface area contributed by atoms with Crippen LogP contribution in [0.4, 0.5) is 5.69 Å². The Morgan fingerprint density at radius 3 is 2.43 bits per heavy atom. The van der Waals surface area contributed by atoms with E-state index in [1.807, 2.05) is 13.8 Å². The summed E-state index contributed by atoms with van der Waals surface area (Å²) in [6, 6.07) is 6.89. The van der Waals surface area contributed by atoms with E-state index >= 15 is 0 Å². The molecule has 1 atom stereocenters. The molecule has 130 valence electrons. The number of benzene rings is 1. The zero-order valence-electron chi connectivity index (χ0n) is 14.5. The molecule has 2 N–H and O–H groups in total. The summed E-state index contributed by atoms with van der Waals surface area (Å²) in [6.45, 7) is 3.99. The van der Waals surface area contributed by atoms with Crippen LogP contribution in [0.15, 0.2) is 33.5 Å². The minimum Gasteiger partial charge on any atom is -0.389 e. The zero-order chi connectivity index (χ0) is 17.5. The van der Waals surface area contributed by atoms with Crippen molar-refractivity contribution in [2.45, 2.75) is 56.4 Å². The summed E-state index contributed by atoms with van der Waals surface area (Å²) in [4.78, 5) is 12.8. The molecule has 0 aliphatic carbocycles. The highest BCUT2D eigenvalue weighted by molar-refractivity contribution is 7.93. The molecule has 1 aromatic carbocycles. The number of nitrogens with one attached hydrogen (secondary N) is 1. The number of rotatable bonds is 8. The van der Waals surface area contributed by atoms with E-state index in [0.29, 0.717) is 23.4 Å². The molecule has 0 aliphatic rings. The second-order valence-electron chi connectivity index (χ2n) is 5.96. The first-order chi connectivity index (χ1) is 10.8. The van der Waals surface area contributed by atoms with Crippen LogP contribution in [0.25, 0.3) is 0 Å². The van der Waals surface area contributed by atoms with Gasteiger partial charge in [0.2, 0.25) is 5.91 Å². The molecule has 1 aromatic rings. The molecule has 6 heteroatoms. The number of anilines is 1. The molecular weight excluding hydrogens is 312 g/mol. The normalized spacial score (nSPS) is 14.1. The molecule has 0 radical (unpaired) electrons. The first-order valence-electron chi connectivity index (χ1n) is 7.99. The van der Waals surface area contributed by atoms with Gasteiger partial charge in [0, 0.05) is 23.9 Å². The summed E-state index contributed by atoms with van der Waals surface area (Å²) in [5.41, 5.74) is -0.386. The molecule has 0 saturated heterocycles. The maximum Gasteiger partial charge on any atom is 0.227 e. The van der Waals surface area contributed by atoms with Crippen molar-refractivity contribution in [3.63, 3.8) is 0 Å². The van der Waals surface area contributed by atoms with Crippen molar-refractivity contribution >= 4 is 21.3 Å². The SMILES string of the molecule is CCCC(O)(CCC)CC(=O)Nc1cccc([S@](C)(=O)=NC)c1. The maximum atomic E-state index is 12.3. The lowest BCUT2D eigenvalue weighted by molar-refractivity contribution is -0.121. The summed E-state index contributed by atoms with van der Waals surface area (Å²) in [6.07, 6.45) is 4.50. The molecule has 0 aromatic heterocycles. The van der Waals surface area contributed by atoms with Gasteiger partial charge in [-0.3, -0.25) is 4.79 Å². The Bertz CT molecular complexity index is 643. The largest absolute Gasteiger partial charge is 0.389 e. The van der Waals surface area contributed by atoms with Crippen LogP contribution < -0.4 is 5.32 Å². The summed E-state index contributed by atoms with van der Waals surface area (Å²) in [5.74, 6) is -0.234. The van der Waals surface area contributed by atoms with Gasteiger partial charge in [-0.05, 0) is 31.0 Å². The summed E-state index contributed by atoms with van der Waals surface area (Å²) < 4.78 is 16.2. The van der Waals surface area contributed by atoms with Gasteiger partial charge in [-0.25, -0.2) is 8.57 Å². The average Bonchev–Trinajstić information content (AvgIpc) is 2.47. The number of nitrogens with zero attached hydrogens (tertiary/aromatic N) is 1. The molecular formula is C17H28N2O3S. The number of aliphatic hydroxyl groups is 1. The molecule has 0 unspecified atom stereocenters. The molecule has 0 heterocycles. The van der Waals surface area contributed by atoms with E-state index in [4.69, 9.17) is 0 Å². The summed E-state index contributed by atoms with van der Waals surface area (Å²) in [7, 11) is -0.917. The lowest BCUT2D eigenvalue weighted by Gasteiger charge is -2.26. The first kappa shape index (κ1) is 19.6. The highest BCUT2D eigenvalue weighted by atomic mass is 32.2. The maximum absolute atomic E-state index is 12.3. The number of hydrogen-bond acceptors (Lipinski definition) is 4. The highest BCUT2D eigenvalue weighted by Crippen LogP contribution is 2.24. The van der Waals surface area contributed by atoms with E-state index in [9.17, 15) is 14.1 Å². The average molecular weight is 340 g/mol. The number of carbonyl (C=O) groups is 1. The quantitative estimate of drug-likeness (QED) is 0.761. The third-order valence-electron chi connectivity index (χ3n) is 3.82. The molecule has 5 nitrogen and oxygen atoms in total. The van der Waals surface area contributed by atoms with Gasteiger partial charge in [0.05, 0.1) is 21.8 Å². The van der Waals surface area contributed by atoms with E-state index < -0.39 is 15.3 Å². The minimum absolute atomic E-state index is 0.0680. The van der Waals surface area contributed by atoms with Gasteiger partial charge in [0.1, 0.15) is 0 Å². The van der Waals surface area contributed by atoms with E-state index in [0.717, 1.165) is 12.8 Å². The predicted molar refractivity (Wildman–Crippen MR) is 95.1 cm³/mol. The van der Waals surface area contributed by atoms with Gasteiger partial charge in [0.25, 0.3) is 0 Å². The van der Waals surface area contributed by atoms with Crippen LogP contribution in [0, 0.1) is 0 Å². The standard InChI is InChI=1S/C17H28N2O3S/c1-5-10-17(21,11-6-2)13-16(20)19-14-8-7-9-15(12-14)23(4,22)18-3/h7-9,12,21H,5-6,10-11,13H2,1-4H3,(H,19,20)/t23-/m0/s1. The van der Waals surface area contributed by atoms with Crippen molar-refractivity contribution < 1.29 is 14.1 Å². The Balaban J connectivity index is 2.86. The van der Waals surface area contributed by atoms with Crippen molar-refractivity contribution in [1.82, 2.24) is 0 Å². The lowest BCUT2D eigenvalue weighted by atomic mass is 9.89. The fourth-order valence-corrected chi connectivity index (χ4v) is 3.54. The van der Waals surface area contributed by atoms with Crippen molar-refractivity contribution in [1.29, 1.82) is 0 Å². The molecule has 0 bridgehead atoms. The number of amides is 1. The number of carbonyl (C=O) groups excluding carboxylic acids is 1. The van der Waals surface area contributed by atoms with Crippen LogP contribution in [-0.4, -0.2) is 34.1 Å². The summed E-state index contributed by atoms with van der Waals surface area (Å²) in [5, 5.41) is 13.3. The van der Waals surface area contributed by atoms with Gasteiger partial charge >= 0.3 is 0 Å². The lowest BCUT2D eigenvalue weighted by Crippen LogP contribution is -2.33. The Labute approximate surface area is 139 Å². The Morgan fingerprint density at radius 2 is 1.91 bits per heavy atom. The molecule has 1 amide bonds. The van der Waals surface area contributed by atoms with Crippen LogP contribution >= 0.6 is 0 Å². The van der Waals surface area contributed by atoms with E-state index in [1.165, 1.54) is 7.05 Å². The minimum atomic E-state index is -2.43. The van der Waals surface area contributed by atoms with Crippen molar-refractivity contribution in [2.75, 3.05) is 18.6 Å². The van der Waals surface area contributed by atoms with Gasteiger partial charge < -0.3 is 10.4 Å². The molecule has 0 spiro atoms. The Kier molecular flexibility index (Phi) is 7.22.